The van der Waals surface area contributed by atoms with Gasteiger partial charge in [0.1, 0.15) is 5.82 Å². The number of aromatic nitrogens is 4. The number of hydrogen-bond donors (Lipinski definition) is 1. The molecule has 0 unspecified atom stereocenters. The van der Waals surface area contributed by atoms with E-state index in [1.165, 1.54) is 25.7 Å². The highest BCUT2D eigenvalue weighted by Crippen LogP contribution is 2.35. The predicted molar refractivity (Wildman–Crippen MR) is 124 cm³/mol. The van der Waals surface area contributed by atoms with Crippen LogP contribution in [0.4, 0.5) is 11.8 Å². The summed E-state index contributed by atoms with van der Waals surface area (Å²) in [7, 11) is 0. The zero-order chi connectivity index (χ0) is 21.8. The summed E-state index contributed by atoms with van der Waals surface area (Å²) in [4.78, 5) is 25.9. The number of rotatable bonds is 6. The first-order valence-corrected chi connectivity index (χ1v) is 11.5. The number of para-hydroxylation sites is 1. The molecule has 1 aliphatic heterocycles. The Bertz CT molecular complexity index is 1020. The largest absolute Gasteiger partial charge is 0.338 e. The average molecular weight is 432 g/mol. The fourth-order valence-electron chi connectivity index (χ4n) is 4.62. The fourth-order valence-corrected chi connectivity index (χ4v) is 4.62. The minimum absolute atomic E-state index is 0.00976. The van der Waals surface area contributed by atoms with Crippen LogP contribution in [-0.2, 0) is 4.79 Å². The molecule has 0 atom stereocenters. The van der Waals surface area contributed by atoms with E-state index in [1.807, 2.05) is 41.1 Å². The van der Waals surface area contributed by atoms with E-state index in [2.05, 4.69) is 31.2 Å². The maximum atomic E-state index is 12.9. The number of nitrogens with one attached hydrogen (secondary N) is 1. The van der Waals surface area contributed by atoms with Crippen LogP contribution in [0, 0.1) is 0 Å². The molecule has 166 valence electrons. The van der Waals surface area contributed by atoms with E-state index < -0.39 is 0 Å². The Hall–Kier alpha value is -3.26. The summed E-state index contributed by atoms with van der Waals surface area (Å²) in [6, 6.07) is 13.9. The van der Waals surface area contributed by atoms with E-state index in [0.29, 0.717) is 12.5 Å². The number of piperazine rings is 1. The van der Waals surface area contributed by atoms with Gasteiger partial charge in [-0.05, 0) is 31.0 Å². The van der Waals surface area contributed by atoms with Crippen LogP contribution in [0.3, 0.4) is 0 Å². The van der Waals surface area contributed by atoms with Crippen LogP contribution in [0.25, 0.3) is 5.69 Å². The molecular weight excluding hydrogens is 402 g/mol. The number of benzene rings is 1. The molecule has 0 radical (unpaired) electrons. The molecule has 32 heavy (non-hydrogen) atoms. The van der Waals surface area contributed by atoms with Gasteiger partial charge in [-0.15, -0.1) is 0 Å². The highest BCUT2D eigenvalue weighted by Gasteiger charge is 2.24. The lowest BCUT2D eigenvalue weighted by Crippen LogP contribution is -2.49. The molecular formula is C24H29N7O. The first-order valence-electron chi connectivity index (χ1n) is 11.5. The van der Waals surface area contributed by atoms with Crippen LogP contribution >= 0.6 is 0 Å². The van der Waals surface area contributed by atoms with Crippen LogP contribution < -0.4 is 10.2 Å². The molecule has 3 aromatic rings. The van der Waals surface area contributed by atoms with Crippen LogP contribution in [0.2, 0.25) is 0 Å². The topological polar surface area (TPSA) is 79.2 Å². The summed E-state index contributed by atoms with van der Waals surface area (Å²) in [5, 5.41) is 8.00. The van der Waals surface area contributed by atoms with Crippen molar-refractivity contribution >= 4 is 17.7 Å². The molecule has 8 heteroatoms. The Morgan fingerprint density at radius 1 is 0.969 bits per heavy atom. The van der Waals surface area contributed by atoms with Gasteiger partial charge in [-0.1, -0.05) is 31.0 Å². The second kappa shape index (κ2) is 9.48. The first kappa shape index (κ1) is 20.6. The molecule has 1 amide bonds. The minimum atomic E-state index is -0.00976. The van der Waals surface area contributed by atoms with E-state index >= 15 is 0 Å². The van der Waals surface area contributed by atoms with Crippen LogP contribution in [0.1, 0.15) is 37.3 Å². The van der Waals surface area contributed by atoms with Crippen molar-refractivity contribution in [1.82, 2.24) is 24.6 Å². The van der Waals surface area contributed by atoms with Gasteiger partial charge in [-0.2, -0.15) is 5.10 Å². The third-order valence-corrected chi connectivity index (χ3v) is 6.34. The SMILES string of the molecule is O=C(CN1CCN(c2ncccn2)CC1)Nc1cc(C2CCCC2)nn1-c1ccccc1. The lowest BCUT2D eigenvalue weighted by Gasteiger charge is -2.34. The lowest BCUT2D eigenvalue weighted by molar-refractivity contribution is -0.117. The van der Waals surface area contributed by atoms with Crippen molar-refractivity contribution in [2.45, 2.75) is 31.6 Å². The monoisotopic (exact) mass is 431 g/mol. The molecule has 1 aromatic carbocycles. The Balaban J connectivity index is 1.24. The van der Waals surface area contributed by atoms with E-state index in [9.17, 15) is 4.79 Å². The molecule has 2 aromatic heterocycles. The third kappa shape index (κ3) is 4.65. The van der Waals surface area contributed by atoms with E-state index in [1.54, 1.807) is 12.4 Å². The predicted octanol–water partition coefficient (Wildman–Crippen LogP) is 3.08. The van der Waals surface area contributed by atoms with Crippen LogP contribution in [0.15, 0.2) is 54.9 Å². The summed E-state index contributed by atoms with van der Waals surface area (Å²) in [5.74, 6) is 1.98. The van der Waals surface area contributed by atoms with Crippen molar-refractivity contribution in [2.75, 3.05) is 42.9 Å². The van der Waals surface area contributed by atoms with Crippen molar-refractivity contribution in [1.29, 1.82) is 0 Å². The van der Waals surface area contributed by atoms with Gasteiger partial charge in [-0.25, -0.2) is 14.6 Å². The summed E-state index contributed by atoms with van der Waals surface area (Å²) in [5.41, 5.74) is 2.04. The van der Waals surface area contributed by atoms with Crippen molar-refractivity contribution in [3.8, 4) is 5.69 Å². The van der Waals surface area contributed by atoms with Gasteiger partial charge >= 0.3 is 0 Å². The Morgan fingerprint density at radius 2 is 1.69 bits per heavy atom. The molecule has 1 saturated heterocycles. The normalized spacial score (nSPS) is 17.6. The van der Waals surface area contributed by atoms with Crippen LogP contribution in [-0.4, -0.2) is 63.3 Å². The Kier molecular flexibility index (Phi) is 6.11. The molecule has 0 bridgehead atoms. The molecule has 1 saturated carbocycles. The number of anilines is 2. The average Bonchev–Trinajstić information content (AvgIpc) is 3.51. The van der Waals surface area contributed by atoms with Crippen molar-refractivity contribution < 1.29 is 4.79 Å². The Labute approximate surface area is 188 Å². The lowest BCUT2D eigenvalue weighted by atomic mass is 10.0. The molecule has 1 N–H and O–H groups in total. The van der Waals surface area contributed by atoms with Gasteiger partial charge < -0.3 is 10.2 Å². The Morgan fingerprint density at radius 3 is 2.41 bits per heavy atom. The summed E-state index contributed by atoms with van der Waals surface area (Å²) in [6.07, 6.45) is 8.38. The summed E-state index contributed by atoms with van der Waals surface area (Å²) in [6.45, 7) is 3.59. The number of nitrogens with zero attached hydrogens (tertiary/aromatic N) is 6. The second-order valence-electron chi connectivity index (χ2n) is 8.54. The molecule has 0 spiro atoms. The molecule has 5 rings (SSSR count). The number of carbonyl (C=O) groups is 1. The summed E-state index contributed by atoms with van der Waals surface area (Å²) >= 11 is 0. The maximum Gasteiger partial charge on any atom is 0.239 e. The smallest absolute Gasteiger partial charge is 0.239 e. The first-order chi connectivity index (χ1) is 15.8. The zero-order valence-electron chi connectivity index (χ0n) is 18.2. The highest BCUT2D eigenvalue weighted by molar-refractivity contribution is 5.91. The molecule has 1 aliphatic carbocycles. The maximum absolute atomic E-state index is 12.9. The number of amides is 1. The standard InChI is InChI=1S/C24H29N7O/c32-23(18-29-13-15-30(16-14-29)24-25-11-6-12-26-24)27-22-17-21(19-7-4-5-8-19)28-31(22)20-9-2-1-3-10-20/h1-3,6,9-12,17,19H,4-5,7-8,13-16,18H2,(H,27,32). The van der Waals surface area contributed by atoms with Gasteiger partial charge in [0.25, 0.3) is 0 Å². The van der Waals surface area contributed by atoms with E-state index in [0.717, 1.165) is 49.3 Å². The zero-order valence-corrected chi connectivity index (χ0v) is 18.2. The van der Waals surface area contributed by atoms with Crippen molar-refractivity contribution in [3.63, 3.8) is 0 Å². The number of carbonyl (C=O) groups excluding carboxylic acids is 1. The molecule has 2 aliphatic rings. The van der Waals surface area contributed by atoms with Gasteiger partial charge in [0.05, 0.1) is 17.9 Å². The quantitative estimate of drug-likeness (QED) is 0.646. The molecule has 3 heterocycles. The van der Waals surface area contributed by atoms with Gasteiger partial charge in [0.2, 0.25) is 11.9 Å². The molecule has 2 fully saturated rings. The molecule has 8 nitrogen and oxygen atoms in total. The van der Waals surface area contributed by atoms with Crippen LogP contribution in [0.5, 0.6) is 0 Å². The second-order valence-corrected chi connectivity index (χ2v) is 8.54. The van der Waals surface area contributed by atoms with Crippen molar-refractivity contribution in [3.05, 3.63) is 60.6 Å². The van der Waals surface area contributed by atoms with Gasteiger partial charge in [0, 0.05) is 50.6 Å². The van der Waals surface area contributed by atoms with Crippen molar-refractivity contribution in [2.24, 2.45) is 0 Å². The highest BCUT2D eigenvalue weighted by atomic mass is 16.2. The fraction of sp³-hybridized carbons (Fsp3) is 0.417. The summed E-state index contributed by atoms with van der Waals surface area (Å²) < 4.78 is 1.87. The van der Waals surface area contributed by atoms with Gasteiger partial charge in [-0.3, -0.25) is 9.69 Å². The number of hydrogen-bond acceptors (Lipinski definition) is 6. The third-order valence-electron chi connectivity index (χ3n) is 6.34. The minimum Gasteiger partial charge on any atom is -0.338 e. The van der Waals surface area contributed by atoms with E-state index in [4.69, 9.17) is 5.10 Å². The van der Waals surface area contributed by atoms with E-state index in [-0.39, 0.29) is 5.91 Å². The van der Waals surface area contributed by atoms with Gasteiger partial charge in [0.15, 0.2) is 0 Å².